The van der Waals surface area contributed by atoms with Gasteiger partial charge in [0, 0.05) is 13.2 Å². The lowest BCUT2D eigenvalue weighted by atomic mass is 9.84. The fourth-order valence-corrected chi connectivity index (χ4v) is 6.59. The number of aromatic nitrogens is 1. The molecule has 4 rings (SSSR count). The molecule has 1 amide bonds. The van der Waals surface area contributed by atoms with Gasteiger partial charge >= 0.3 is 0 Å². The molecule has 1 N–H and O–H groups in total. The molecular formula is C23H29FN2O4S2. The number of halogens is 1. The van der Waals surface area contributed by atoms with E-state index < -0.39 is 15.8 Å². The molecule has 1 saturated carbocycles. The van der Waals surface area contributed by atoms with Gasteiger partial charge in [-0.25, -0.2) is 13.4 Å². The average Bonchev–Trinajstić information content (AvgIpc) is 3.57. The van der Waals surface area contributed by atoms with E-state index in [0.717, 1.165) is 29.7 Å². The van der Waals surface area contributed by atoms with Gasteiger partial charge in [-0.05, 0) is 61.6 Å². The first-order chi connectivity index (χ1) is 15.3. The molecule has 1 aromatic heterocycles. The maximum Gasteiger partial charge on any atom is 0.233 e. The number of hydrogen-bond acceptors (Lipinski definition) is 6. The number of nitrogens with one attached hydrogen (secondary N) is 1. The van der Waals surface area contributed by atoms with Crippen molar-refractivity contribution in [2.45, 2.75) is 67.9 Å². The predicted molar refractivity (Wildman–Crippen MR) is 122 cm³/mol. The van der Waals surface area contributed by atoms with E-state index in [4.69, 9.17) is 4.74 Å². The van der Waals surface area contributed by atoms with Crippen LogP contribution >= 0.6 is 11.3 Å². The monoisotopic (exact) mass is 480 g/mol. The van der Waals surface area contributed by atoms with Crippen LogP contribution in [-0.4, -0.2) is 37.8 Å². The number of carbonyl (C=O) groups excluding carboxylic acids is 1. The first kappa shape index (κ1) is 23.3. The summed E-state index contributed by atoms with van der Waals surface area (Å²) < 4.78 is 44.7. The minimum atomic E-state index is -3.28. The average molecular weight is 481 g/mol. The molecule has 1 saturated heterocycles. The number of anilines is 1. The summed E-state index contributed by atoms with van der Waals surface area (Å²) in [5.74, 6) is -0.479. The molecule has 0 spiro atoms. The maximum absolute atomic E-state index is 14.2. The van der Waals surface area contributed by atoms with E-state index in [-0.39, 0.29) is 27.3 Å². The van der Waals surface area contributed by atoms with Crippen molar-refractivity contribution in [3.63, 3.8) is 0 Å². The lowest BCUT2D eigenvalue weighted by Gasteiger charge is -2.26. The van der Waals surface area contributed by atoms with Crippen LogP contribution < -0.4 is 5.32 Å². The number of carbonyl (C=O) groups is 1. The normalized spacial score (nSPS) is 18.6. The molecule has 9 heteroatoms. The van der Waals surface area contributed by atoms with E-state index >= 15 is 0 Å². The molecule has 2 heterocycles. The topological polar surface area (TPSA) is 85.4 Å². The van der Waals surface area contributed by atoms with Crippen molar-refractivity contribution >= 4 is 32.2 Å². The molecule has 0 radical (unpaired) electrons. The Bertz CT molecular complexity index is 1060. The number of benzene rings is 1. The highest BCUT2D eigenvalue weighted by Crippen LogP contribution is 2.36. The fraction of sp³-hybridized carbons (Fsp3) is 0.565. The lowest BCUT2D eigenvalue weighted by molar-refractivity contribution is -0.118. The van der Waals surface area contributed by atoms with Gasteiger partial charge in [-0.1, -0.05) is 37.3 Å². The molecule has 1 aliphatic carbocycles. The molecule has 2 aliphatic rings. The summed E-state index contributed by atoms with van der Waals surface area (Å²) in [7, 11) is -3.28. The van der Waals surface area contributed by atoms with E-state index in [1.165, 1.54) is 0 Å². The molecule has 6 nitrogen and oxygen atoms in total. The number of ether oxygens (including phenoxy) is 1. The minimum absolute atomic E-state index is 0.0732. The molecule has 0 bridgehead atoms. The van der Waals surface area contributed by atoms with Crippen molar-refractivity contribution in [3.8, 4) is 0 Å². The SMILES string of the molecule is CC(C)c1nc(NC(=O)[C@H](CC2CCOCC2)c2ccc(S(=O)(=O)C3CC3)cc2)sc1F. The maximum atomic E-state index is 14.2. The summed E-state index contributed by atoms with van der Waals surface area (Å²) in [6, 6.07) is 6.68. The zero-order valence-electron chi connectivity index (χ0n) is 18.3. The van der Waals surface area contributed by atoms with Crippen LogP contribution in [0.1, 0.15) is 69.0 Å². The van der Waals surface area contributed by atoms with E-state index in [2.05, 4.69) is 10.3 Å². The van der Waals surface area contributed by atoms with Gasteiger partial charge in [-0.15, -0.1) is 0 Å². The van der Waals surface area contributed by atoms with Crippen molar-refractivity contribution in [1.82, 2.24) is 4.98 Å². The lowest BCUT2D eigenvalue weighted by Crippen LogP contribution is -2.26. The van der Waals surface area contributed by atoms with Crippen LogP contribution in [-0.2, 0) is 19.4 Å². The third-order valence-electron chi connectivity index (χ3n) is 6.19. The van der Waals surface area contributed by atoms with Crippen LogP contribution in [0.5, 0.6) is 0 Å². The predicted octanol–water partition coefficient (Wildman–Crippen LogP) is 4.88. The molecule has 2 fully saturated rings. The summed E-state index contributed by atoms with van der Waals surface area (Å²) in [6.45, 7) is 5.06. The number of rotatable bonds is 8. The second-order valence-electron chi connectivity index (χ2n) is 8.98. The van der Waals surface area contributed by atoms with Crippen LogP contribution in [0, 0.1) is 11.0 Å². The van der Waals surface area contributed by atoms with Gasteiger partial charge in [-0.3, -0.25) is 4.79 Å². The highest BCUT2D eigenvalue weighted by Gasteiger charge is 2.37. The van der Waals surface area contributed by atoms with Gasteiger partial charge in [-0.2, -0.15) is 4.39 Å². The second-order valence-corrected chi connectivity index (χ2v) is 12.2. The molecule has 174 valence electrons. The highest BCUT2D eigenvalue weighted by atomic mass is 32.2. The van der Waals surface area contributed by atoms with E-state index in [9.17, 15) is 17.6 Å². The Morgan fingerprint density at radius 1 is 1.19 bits per heavy atom. The largest absolute Gasteiger partial charge is 0.381 e. The van der Waals surface area contributed by atoms with Crippen molar-refractivity contribution in [2.24, 2.45) is 5.92 Å². The standard InChI is InChI=1S/C23H29FN2O4S2/c1-14(2)20-21(24)31-23(25-20)26-22(27)19(13-15-9-11-30-12-10-15)16-3-5-17(6-4-16)32(28,29)18-7-8-18/h3-6,14-15,18-19H,7-13H2,1-2H3,(H,25,26,27)/t19-/m1/s1. The molecular weight excluding hydrogens is 451 g/mol. The van der Waals surface area contributed by atoms with Gasteiger partial charge < -0.3 is 10.1 Å². The van der Waals surface area contributed by atoms with Crippen LogP contribution in [0.4, 0.5) is 9.52 Å². The summed E-state index contributed by atoms with van der Waals surface area (Å²) in [6.07, 6.45) is 3.79. The van der Waals surface area contributed by atoms with E-state index in [1.54, 1.807) is 24.3 Å². The Balaban J connectivity index is 1.56. The molecule has 1 aromatic carbocycles. The van der Waals surface area contributed by atoms with Gasteiger partial charge in [0.15, 0.2) is 15.0 Å². The van der Waals surface area contributed by atoms with Gasteiger partial charge in [0.1, 0.15) is 0 Å². The second kappa shape index (κ2) is 9.57. The van der Waals surface area contributed by atoms with Crippen LogP contribution in [0.15, 0.2) is 29.2 Å². The highest BCUT2D eigenvalue weighted by molar-refractivity contribution is 7.92. The number of hydrogen-bond donors (Lipinski definition) is 1. The van der Waals surface area contributed by atoms with Gasteiger partial charge in [0.25, 0.3) is 0 Å². The first-order valence-corrected chi connectivity index (χ1v) is 13.5. The Kier molecular flexibility index (Phi) is 6.97. The van der Waals surface area contributed by atoms with E-state index in [1.807, 2.05) is 13.8 Å². The number of nitrogens with zero attached hydrogens (tertiary/aromatic N) is 1. The molecule has 1 atom stereocenters. The Hall–Kier alpha value is -1.84. The van der Waals surface area contributed by atoms with Crippen molar-refractivity contribution < 1.29 is 22.3 Å². The fourth-order valence-electron chi connectivity index (χ4n) is 4.09. The quantitative estimate of drug-likeness (QED) is 0.582. The Morgan fingerprint density at radius 3 is 2.41 bits per heavy atom. The zero-order chi connectivity index (χ0) is 22.9. The summed E-state index contributed by atoms with van der Waals surface area (Å²) in [5, 5.41) is 2.39. The van der Waals surface area contributed by atoms with Crippen LogP contribution in [0.3, 0.4) is 0 Å². The smallest absolute Gasteiger partial charge is 0.233 e. The number of amides is 1. The Labute approximate surface area is 192 Å². The Morgan fingerprint density at radius 2 is 1.84 bits per heavy atom. The van der Waals surface area contributed by atoms with E-state index in [0.29, 0.717) is 49.0 Å². The third kappa shape index (κ3) is 5.21. The summed E-state index contributed by atoms with van der Waals surface area (Å²) in [4.78, 5) is 17.8. The van der Waals surface area contributed by atoms with Crippen LogP contribution in [0.2, 0.25) is 0 Å². The molecule has 0 unspecified atom stereocenters. The number of thiazole rings is 1. The summed E-state index contributed by atoms with van der Waals surface area (Å²) in [5.41, 5.74) is 1.10. The van der Waals surface area contributed by atoms with Crippen molar-refractivity contribution in [3.05, 3.63) is 40.7 Å². The summed E-state index contributed by atoms with van der Waals surface area (Å²) >= 11 is 0.837. The van der Waals surface area contributed by atoms with Crippen molar-refractivity contribution in [1.29, 1.82) is 0 Å². The van der Waals surface area contributed by atoms with Gasteiger partial charge in [0.05, 0.1) is 21.8 Å². The first-order valence-electron chi connectivity index (χ1n) is 11.1. The zero-order valence-corrected chi connectivity index (χ0v) is 20.0. The minimum Gasteiger partial charge on any atom is -0.381 e. The third-order valence-corrected chi connectivity index (χ3v) is 9.24. The van der Waals surface area contributed by atoms with Gasteiger partial charge in [0.2, 0.25) is 11.0 Å². The molecule has 2 aromatic rings. The molecule has 32 heavy (non-hydrogen) atoms. The number of sulfone groups is 1. The molecule has 1 aliphatic heterocycles. The van der Waals surface area contributed by atoms with Crippen LogP contribution in [0.25, 0.3) is 0 Å². The van der Waals surface area contributed by atoms with Crippen molar-refractivity contribution in [2.75, 3.05) is 18.5 Å².